The van der Waals surface area contributed by atoms with Crippen LogP contribution in [-0.4, -0.2) is 55.9 Å². The number of ketones is 2. The summed E-state index contributed by atoms with van der Waals surface area (Å²) in [6.45, 7) is 5.39. The van der Waals surface area contributed by atoms with Gasteiger partial charge in [-0.3, -0.25) is 19.2 Å². The Bertz CT molecular complexity index is 878. The van der Waals surface area contributed by atoms with Gasteiger partial charge in [-0.15, -0.1) is 0 Å². The van der Waals surface area contributed by atoms with E-state index in [2.05, 4.69) is 5.32 Å². The summed E-state index contributed by atoms with van der Waals surface area (Å²) in [7, 11) is 1.44. The number of carbonyl (C=O) groups is 4. The number of amides is 1. The highest BCUT2D eigenvalue weighted by Gasteiger charge is 2.55. The van der Waals surface area contributed by atoms with Crippen LogP contribution in [0.3, 0.4) is 0 Å². The van der Waals surface area contributed by atoms with Crippen LogP contribution in [0.1, 0.15) is 49.5 Å². The number of fused-ring (bicyclic) bond motifs is 2. The van der Waals surface area contributed by atoms with Gasteiger partial charge < -0.3 is 19.5 Å². The normalized spacial score (nSPS) is 20.5. The van der Waals surface area contributed by atoms with E-state index in [0.29, 0.717) is 37.4 Å². The predicted molar refractivity (Wildman–Crippen MR) is 106 cm³/mol. The molecule has 8 nitrogen and oxygen atoms in total. The van der Waals surface area contributed by atoms with E-state index in [9.17, 15) is 19.2 Å². The Morgan fingerprint density at radius 2 is 1.87 bits per heavy atom. The third kappa shape index (κ3) is 3.96. The summed E-state index contributed by atoms with van der Waals surface area (Å²) in [5.41, 5.74) is -0.879. The molecule has 30 heavy (non-hydrogen) atoms. The second kappa shape index (κ2) is 8.18. The molecule has 0 bridgehead atoms. The van der Waals surface area contributed by atoms with Crippen molar-refractivity contribution >= 4 is 23.4 Å². The minimum Gasteiger partial charge on any atom is -0.496 e. The number of carbonyl (C=O) groups excluding carboxylic acids is 4. The molecule has 1 amide bonds. The highest BCUT2D eigenvalue weighted by atomic mass is 16.6. The zero-order valence-electron chi connectivity index (χ0n) is 17.7. The van der Waals surface area contributed by atoms with E-state index in [-0.39, 0.29) is 5.56 Å². The Kier molecular flexibility index (Phi) is 5.99. The summed E-state index contributed by atoms with van der Waals surface area (Å²) in [5, 5.41) is 2.40. The SMILES string of the molecule is COc1cccc2c1C(=O)C(C(=O)NCC(=O)OC(C)(C)C)C(=O)C21CCOCC1. The number of hydrogen-bond donors (Lipinski definition) is 1. The van der Waals surface area contributed by atoms with Gasteiger partial charge in [0, 0.05) is 13.2 Å². The number of ether oxygens (including phenoxy) is 3. The van der Waals surface area contributed by atoms with Crippen LogP contribution in [-0.2, 0) is 29.3 Å². The molecule has 1 aliphatic carbocycles. The fraction of sp³-hybridized carbons (Fsp3) is 0.545. The van der Waals surface area contributed by atoms with E-state index in [1.807, 2.05) is 0 Å². The van der Waals surface area contributed by atoms with E-state index in [1.165, 1.54) is 7.11 Å². The van der Waals surface area contributed by atoms with Crippen molar-refractivity contribution in [2.24, 2.45) is 5.92 Å². The van der Waals surface area contributed by atoms with Crippen LogP contribution in [0.4, 0.5) is 0 Å². The highest BCUT2D eigenvalue weighted by molar-refractivity contribution is 6.29. The van der Waals surface area contributed by atoms with Crippen molar-refractivity contribution in [3.8, 4) is 5.75 Å². The zero-order chi connectivity index (χ0) is 22.1. The average Bonchev–Trinajstić information content (AvgIpc) is 2.70. The Labute approximate surface area is 175 Å². The molecular weight excluding hydrogens is 390 g/mol. The Morgan fingerprint density at radius 3 is 2.47 bits per heavy atom. The molecule has 1 N–H and O–H groups in total. The molecule has 1 aromatic rings. The van der Waals surface area contributed by atoms with Crippen LogP contribution < -0.4 is 10.1 Å². The smallest absolute Gasteiger partial charge is 0.325 e. The van der Waals surface area contributed by atoms with Crippen LogP contribution in [0, 0.1) is 5.92 Å². The maximum Gasteiger partial charge on any atom is 0.325 e. The summed E-state index contributed by atoms with van der Waals surface area (Å²) >= 11 is 0. The maximum absolute atomic E-state index is 13.5. The van der Waals surface area contributed by atoms with Crippen molar-refractivity contribution in [3.05, 3.63) is 29.3 Å². The first-order chi connectivity index (χ1) is 14.1. The van der Waals surface area contributed by atoms with Gasteiger partial charge in [-0.25, -0.2) is 0 Å². The first-order valence-corrected chi connectivity index (χ1v) is 9.94. The van der Waals surface area contributed by atoms with Gasteiger partial charge in [-0.1, -0.05) is 12.1 Å². The van der Waals surface area contributed by atoms with Gasteiger partial charge in [0.25, 0.3) is 0 Å². The number of Topliss-reactive ketones (excluding diaryl/α,β-unsaturated/α-hetero) is 2. The van der Waals surface area contributed by atoms with E-state index in [1.54, 1.807) is 39.0 Å². The number of methoxy groups -OCH3 is 1. The molecular formula is C22H27NO7. The van der Waals surface area contributed by atoms with E-state index in [0.717, 1.165) is 0 Å². The summed E-state index contributed by atoms with van der Waals surface area (Å²) in [4.78, 5) is 51.6. The van der Waals surface area contributed by atoms with Crippen LogP contribution in [0.15, 0.2) is 18.2 Å². The number of rotatable bonds is 4. The lowest BCUT2D eigenvalue weighted by atomic mass is 9.60. The zero-order valence-corrected chi connectivity index (χ0v) is 17.7. The van der Waals surface area contributed by atoms with Gasteiger partial charge >= 0.3 is 5.97 Å². The fourth-order valence-corrected chi connectivity index (χ4v) is 4.14. The van der Waals surface area contributed by atoms with Crippen molar-refractivity contribution < 1.29 is 33.4 Å². The number of esters is 1. The minimum absolute atomic E-state index is 0.249. The van der Waals surface area contributed by atoms with E-state index in [4.69, 9.17) is 14.2 Å². The van der Waals surface area contributed by atoms with Gasteiger partial charge in [0.2, 0.25) is 5.91 Å². The summed E-state index contributed by atoms with van der Waals surface area (Å²) in [6, 6.07) is 5.11. The minimum atomic E-state index is -1.55. The first kappa shape index (κ1) is 22.0. The Balaban J connectivity index is 1.94. The van der Waals surface area contributed by atoms with Crippen LogP contribution in [0.2, 0.25) is 0 Å². The van der Waals surface area contributed by atoms with Crippen LogP contribution >= 0.6 is 0 Å². The number of benzene rings is 1. The van der Waals surface area contributed by atoms with Crippen LogP contribution in [0.25, 0.3) is 0 Å². The van der Waals surface area contributed by atoms with Crippen molar-refractivity contribution in [2.75, 3.05) is 26.9 Å². The Hall–Kier alpha value is -2.74. The lowest BCUT2D eigenvalue weighted by Gasteiger charge is -2.42. The molecule has 0 radical (unpaired) electrons. The van der Waals surface area contributed by atoms with Gasteiger partial charge in [0.15, 0.2) is 17.5 Å². The van der Waals surface area contributed by atoms with Crippen molar-refractivity contribution in [1.29, 1.82) is 0 Å². The predicted octanol–water partition coefficient (Wildman–Crippen LogP) is 1.58. The molecule has 1 saturated heterocycles. The standard InChI is InChI=1S/C22H27NO7/c1-21(2,3)30-15(24)12-23-20(27)17-18(25)16-13(6-5-7-14(16)28-4)22(19(17)26)8-10-29-11-9-22/h5-7,17H,8-12H2,1-4H3,(H,23,27). The summed E-state index contributed by atoms with van der Waals surface area (Å²) in [5.74, 6) is -3.76. The Morgan fingerprint density at radius 1 is 1.20 bits per heavy atom. The average molecular weight is 417 g/mol. The lowest BCUT2D eigenvalue weighted by Crippen LogP contribution is -2.55. The maximum atomic E-state index is 13.5. The molecule has 0 aromatic heterocycles. The molecule has 2 aliphatic rings. The fourth-order valence-electron chi connectivity index (χ4n) is 4.14. The van der Waals surface area contributed by atoms with Crippen molar-refractivity contribution in [3.63, 3.8) is 0 Å². The van der Waals surface area contributed by atoms with Crippen LogP contribution in [0.5, 0.6) is 5.75 Å². The summed E-state index contributed by atoms with van der Waals surface area (Å²) in [6.07, 6.45) is 0.740. The molecule has 8 heteroatoms. The lowest BCUT2D eigenvalue weighted by molar-refractivity contribution is -0.155. The van der Waals surface area contributed by atoms with E-state index >= 15 is 0 Å². The molecule has 162 valence electrons. The molecule has 1 fully saturated rings. The molecule has 0 saturated carbocycles. The molecule has 1 heterocycles. The number of hydrogen-bond acceptors (Lipinski definition) is 7. The van der Waals surface area contributed by atoms with Crippen molar-refractivity contribution in [2.45, 2.75) is 44.6 Å². The quantitative estimate of drug-likeness (QED) is 0.585. The monoisotopic (exact) mass is 417 g/mol. The van der Waals surface area contributed by atoms with Crippen molar-refractivity contribution in [1.82, 2.24) is 5.32 Å². The number of nitrogens with one attached hydrogen (secondary N) is 1. The highest BCUT2D eigenvalue weighted by Crippen LogP contribution is 2.46. The molecule has 3 rings (SSSR count). The topological polar surface area (TPSA) is 108 Å². The summed E-state index contributed by atoms with van der Waals surface area (Å²) < 4.78 is 16.0. The molecule has 1 atom stereocenters. The second-order valence-electron chi connectivity index (χ2n) is 8.54. The van der Waals surface area contributed by atoms with Gasteiger partial charge in [0.05, 0.1) is 18.1 Å². The van der Waals surface area contributed by atoms with Gasteiger partial charge in [0.1, 0.15) is 17.9 Å². The molecule has 1 unspecified atom stereocenters. The van der Waals surface area contributed by atoms with E-state index < -0.39 is 46.9 Å². The molecule has 1 aromatic carbocycles. The molecule has 1 aliphatic heterocycles. The second-order valence-corrected chi connectivity index (χ2v) is 8.54. The first-order valence-electron chi connectivity index (χ1n) is 9.94. The third-order valence-electron chi connectivity index (χ3n) is 5.44. The molecule has 1 spiro atoms. The third-order valence-corrected chi connectivity index (χ3v) is 5.44. The van der Waals surface area contributed by atoms with Gasteiger partial charge in [-0.05, 0) is 45.2 Å². The largest absolute Gasteiger partial charge is 0.496 e. The van der Waals surface area contributed by atoms with Gasteiger partial charge in [-0.2, -0.15) is 0 Å².